The van der Waals surface area contributed by atoms with Crippen LogP contribution >= 0.6 is 0 Å². The Kier molecular flexibility index (Phi) is 4.07. The van der Waals surface area contributed by atoms with Gasteiger partial charge in [0.15, 0.2) is 0 Å². The quantitative estimate of drug-likeness (QED) is 0.895. The molecule has 2 rings (SSSR count). The number of benzene rings is 1. The molecule has 110 valence electrons. The van der Waals surface area contributed by atoms with Crippen molar-refractivity contribution in [3.63, 3.8) is 0 Å². The molecule has 0 amide bonds. The predicted octanol–water partition coefficient (Wildman–Crippen LogP) is 2.26. The van der Waals surface area contributed by atoms with Crippen molar-refractivity contribution in [2.75, 3.05) is 5.73 Å². The molecule has 1 aromatic heterocycles. The minimum absolute atomic E-state index is 0.0259. The SMILES string of the molecule is Cc1cc(C)cc(OCc2nc(N)nc(C)c2C(=O)O)c1. The third kappa shape index (κ3) is 3.47. The monoisotopic (exact) mass is 287 g/mol. The second-order valence-corrected chi connectivity index (χ2v) is 4.91. The molecule has 0 fully saturated rings. The maximum atomic E-state index is 11.3. The molecular formula is C15H17N3O3. The molecular weight excluding hydrogens is 270 g/mol. The normalized spacial score (nSPS) is 10.4. The summed E-state index contributed by atoms with van der Waals surface area (Å²) in [5, 5.41) is 9.25. The molecule has 0 aliphatic heterocycles. The lowest BCUT2D eigenvalue weighted by atomic mass is 10.1. The van der Waals surface area contributed by atoms with E-state index in [1.165, 1.54) is 0 Å². The summed E-state index contributed by atoms with van der Waals surface area (Å²) in [6.07, 6.45) is 0. The maximum Gasteiger partial charge on any atom is 0.339 e. The van der Waals surface area contributed by atoms with Crippen molar-refractivity contribution in [2.24, 2.45) is 0 Å². The molecule has 0 saturated heterocycles. The number of aromatic nitrogens is 2. The zero-order valence-electron chi connectivity index (χ0n) is 12.2. The van der Waals surface area contributed by atoms with Gasteiger partial charge in [-0.25, -0.2) is 14.8 Å². The number of rotatable bonds is 4. The molecule has 0 spiro atoms. The second kappa shape index (κ2) is 5.78. The van der Waals surface area contributed by atoms with Crippen LogP contribution in [0.2, 0.25) is 0 Å². The number of nitrogens with zero attached hydrogens (tertiary/aromatic N) is 2. The second-order valence-electron chi connectivity index (χ2n) is 4.91. The van der Waals surface area contributed by atoms with Crippen molar-refractivity contribution in [1.29, 1.82) is 0 Å². The van der Waals surface area contributed by atoms with Gasteiger partial charge in [0.2, 0.25) is 5.95 Å². The summed E-state index contributed by atoms with van der Waals surface area (Å²) < 4.78 is 5.65. The molecule has 6 heteroatoms. The number of aryl methyl sites for hydroxylation is 3. The van der Waals surface area contributed by atoms with Crippen LogP contribution in [0.5, 0.6) is 5.75 Å². The number of hydrogen-bond donors (Lipinski definition) is 2. The smallest absolute Gasteiger partial charge is 0.339 e. The Hall–Kier alpha value is -2.63. The van der Waals surface area contributed by atoms with Crippen LogP contribution in [0.1, 0.15) is 32.9 Å². The van der Waals surface area contributed by atoms with E-state index in [0.29, 0.717) is 11.4 Å². The number of nitrogens with two attached hydrogens (primary N) is 1. The third-order valence-electron chi connectivity index (χ3n) is 2.97. The van der Waals surface area contributed by atoms with Crippen molar-refractivity contribution in [2.45, 2.75) is 27.4 Å². The minimum Gasteiger partial charge on any atom is -0.487 e. The van der Waals surface area contributed by atoms with E-state index in [1.807, 2.05) is 32.0 Å². The van der Waals surface area contributed by atoms with Crippen LogP contribution in [0.3, 0.4) is 0 Å². The number of nitrogen functional groups attached to an aromatic ring is 1. The summed E-state index contributed by atoms with van der Waals surface area (Å²) >= 11 is 0. The van der Waals surface area contributed by atoms with Crippen molar-refractivity contribution >= 4 is 11.9 Å². The van der Waals surface area contributed by atoms with Gasteiger partial charge in [-0.3, -0.25) is 0 Å². The highest BCUT2D eigenvalue weighted by Gasteiger charge is 2.17. The van der Waals surface area contributed by atoms with Gasteiger partial charge in [-0.2, -0.15) is 0 Å². The molecule has 21 heavy (non-hydrogen) atoms. The molecule has 1 aromatic carbocycles. The van der Waals surface area contributed by atoms with Crippen molar-refractivity contribution in [1.82, 2.24) is 9.97 Å². The lowest BCUT2D eigenvalue weighted by Crippen LogP contribution is -2.14. The van der Waals surface area contributed by atoms with E-state index in [2.05, 4.69) is 9.97 Å². The Morgan fingerprint density at radius 2 is 1.81 bits per heavy atom. The molecule has 1 heterocycles. The topological polar surface area (TPSA) is 98.3 Å². The molecule has 3 N–H and O–H groups in total. The molecule has 0 atom stereocenters. The Bertz CT molecular complexity index is 679. The first-order valence-corrected chi connectivity index (χ1v) is 6.44. The van der Waals surface area contributed by atoms with Gasteiger partial charge in [-0.05, 0) is 44.0 Å². The number of carboxylic acid groups (broad SMARTS) is 1. The lowest BCUT2D eigenvalue weighted by molar-refractivity contribution is 0.0691. The van der Waals surface area contributed by atoms with Crippen molar-refractivity contribution < 1.29 is 14.6 Å². The lowest BCUT2D eigenvalue weighted by Gasteiger charge is -2.11. The largest absolute Gasteiger partial charge is 0.487 e. The summed E-state index contributed by atoms with van der Waals surface area (Å²) in [4.78, 5) is 19.1. The molecule has 0 saturated carbocycles. The fraction of sp³-hybridized carbons (Fsp3) is 0.267. The summed E-state index contributed by atoms with van der Waals surface area (Å²) in [7, 11) is 0. The van der Waals surface area contributed by atoms with Crippen LogP contribution in [0.15, 0.2) is 18.2 Å². The zero-order chi connectivity index (χ0) is 15.6. The maximum absolute atomic E-state index is 11.3. The Morgan fingerprint density at radius 1 is 1.19 bits per heavy atom. The molecule has 6 nitrogen and oxygen atoms in total. The van der Waals surface area contributed by atoms with Crippen LogP contribution in [0, 0.1) is 20.8 Å². The van der Waals surface area contributed by atoms with E-state index in [4.69, 9.17) is 10.5 Å². The Labute approximate surface area is 122 Å². The Balaban J connectivity index is 2.29. The van der Waals surface area contributed by atoms with Gasteiger partial charge >= 0.3 is 5.97 Å². The number of anilines is 1. The van der Waals surface area contributed by atoms with Gasteiger partial charge < -0.3 is 15.6 Å². The van der Waals surface area contributed by atoms with Gasteiger partial charge in [0, 0.05) is 0 Å². The number of carboxylic acids is 1. The molecule has 0 aliphatic rings. The zero-order valence-corrected chi connectivity index (χ0v) is 12.2. The Morgan fingerprint density at radius 3 is 2.38 bits per heavy atom. The standard InChI is InChI=1S/C15H17N3O3/c1-8-4-9(2)6-11(5-8)21-7-12-13(14(19)20)10(3)17-15(16)18-12/h4-6H,7H2,1-3H3,(H,19,20)(H2,16,17,18). The third-order valence-corrected chi connectivity index (χ3v) is 2.97. The van der Waals surface area contributed by atoms with Crippen LogP contribution in [-0.2, 0) is 6.61 Å². The van der Waals surface area contributed by atoms with Gasteiger partial charge in [-0.15, -0.1) is 0 Å². The first kappa shape index (κ1) is 14.8. The highest BCUT2D eigenvalue weighted by Crippen LogP contribution is 2.19. The first-order chi connectivity index (χ1) is 9.86. The van der Waals surface area contributed by atoms with Gasteiger partial charge in [0.05, 0.1) is 11.4 Å². The van der Waals surface area contributed by atoms with Crippen molar-refractivity contribution in [3.05, 3.63) is 46.3 Å². The van der Waals surface area contributed by atoms with Crippen LogP contribution < -0.4 is 10.5 Å². The van der Waals surface area contributed by atoms with E-state index < -0.39 is 5.97 Å². The van der Waals surface area contributed by atoms with Gasteiger partial charge in [-0.1, -0.05) is 6.07 Å². The molecule has 0 radical (unpaired) electrons. The van der Waals surface area contributed by atoms with E-state index in [9.17, 15) is 9.90 Å². The molecule has 0 unspecified atom stereocenters. The highest BCUT2D eigenvalue weighted by molar-refractivity contribution is 5.90. The van der Waals surface area contributed by atoms with E-state index in [0.717, 1.165) is 11.1 Å². The summed E-state index contributed by atoms with van der Waals surface area (Å²) in [5.41, 5.74) is 8.35. The molecule has 2 aromatic rings. The van der Waals surface area contributed by atoms with Crippen LogP contribution in [0.25, 0.3) is 0 Å². The fourth-order valence-electron chi connectivity index (χ4n) is 2.21. The average Bonchev–Trinajstić information content (AvgIpc) is 2.33. The predicted molar refractivity (Wildman–Crippen MR) is 78.4 cm³/mol. The number of ether oxygens (including phenoxy) is 1. The van der Waals surface area contributed by atoms with Crippen molar-refractivity contribution in [3.8, 4) is 5.75 Å². The van der Waals surface area contributed by atoms with Gasteiger partial charge in [0.1, 0.15) is 17.9 Å². The van der Waals surface area contributed by atoms with E-state index >= 15 is 0 Å². The average molecular weight is 287 g/mol. The highest BCUT2D eigenvalue weighted by atomic mass is 16.5. The number of carbonyl (C=O) groups is 1. The summed E-state index contributed by atoms with van der Waals surface area (Å²) in [6, 6.07) is 5.79. The van der Waals surface area contributed by atoms with Crippen LogP contribution in [0.4, 0.5) is 5.95 Å². The van der Waals surface area contributed by atoms with E-state index in [1.54, 1.807) is 6.92 Å². The van der Waals surface area contributed by atoms with Crippen LogP contribution in [-0.4, -0.2) is 21.0 Å². The van der Waals surface area contributed by atoms with E-state index in [-0.39, 0.29) is 23.8 Å². The van der Waals surface area contributed by atoms with Gasteiger partial charge in [0.25, 0.3) is 0 Å². The summed E-state index contributed by atoms with van der Waals surface area (Å²) in [5.74, 6) is -0.387. The minimum atomic E-state index is -1.09. The first-order valence-electron chi connectivity index (χ1n) is 6.44. The fourth-order valence-corrected chi connectivity index (χ4v) is 2.21. The number of hydrogen-bond acceptors (Lipinski definition) is 5. The summed E-state index contributed by atoms with van der Waals surface area (Å²) in [6.45, 7) is 5.55. The molecule has 0 bridgehead atoms. The molecule has 0 aliphatic carbocycles. The number of aromatic carboxylic acids is 1.